The van der Waals surface area contributed by atoms with Crippen LogP contribution in [0.15, 0.2) is 66.7 Å². The zero-order chi connectivity index (χ0) is 14.7. The summed E-state index contributed by atoms with van der Waals surface area (Å²) in [5.74, 6) is 0. The molecule has 0 aliphatic heterocycles. The van der Waals surface area contributed by atoms with Gasteiger partial charge >= 0.3 is 0 Å². The van der Waals surface area contributed by atoms with Gasteiger partial charge in [-0.1, -0.05) is 60.7 Å². The molecule has 4 aromatic rings. The van der Waals surface area contributed by atoms with Crippen LogP contribution in [0.1, 0.15) is 16.7 Å². The van der Waals surface area contributed by atoms with Gasteiger partial charge in [-0.05, 0) is 68.8 Å². The SMILES string of the molecule is Cc1ccc2c3c(cccc13)-c1cc3ccccc3cc1C2. The van der Waals surface area contributed by atoms with Gasteiger partial charge in [0, 0.05) is 0 Å². The van der Waals surface area contributed by atoms with E-state index in [0.717, 1.165) is 6.42 Å². The molecule has 0 N–H and O–H groups in total. The third kappa shape index (κ3) is 1.52. The molecule has 0 aromatic heterocycles. The fraction of sp³-hybridized carbons (Fsp3) is 0.0909. The summed E-state index contributed by atoms with van der Waals surface area (Å²) < 4.78 is 0. The summed E-state index contributed by atoms with van der Waals surface area (Å²) in [5, 5.41) is 5.51. The van der Waals surface area contributed by atoms with Crippen molar-refractivity contribution >= 4 is 21.5 Å². The fourth-order valence-electron chi connectivity index (χ4n) is 3.89. The van der Waals surface area contributed by atoms with Crippen molar-refractivity contribution in [3.8, 4) is 11.1 Å². The Labute approximate surface area is 130 Å². The maximum absolute atomic E-state index is 2.37. The first kappa shape index (κ1) is 12.0. The Bertz CT molecular complexity index is 1050. The Morgan fingerprint density at radius 3 is 2.36 bits per heavy atom. The Morgan fingerprint density at radius 2 is 1.50 bits per heavy atom. The van der Waals surface area contributed by atoms with Crippen molar-refractivity contribution in [2.75, 3.05) is 0 Å². The lowest BCUT2D eigenvalue weighted by Crippen LogP contribution is -2.02. The van der Waals surface area contributed by atoms with E-state index in [0.29, 0.717) is 0 Å². The maximum atomic E-state index is 2.37. The second-order valence-corrected chi connectivity index (χ2v) is 6.30. The monoisotopic (exact) mass is 280 g/mol. The summed E-state index contributed by atoms with van der Waals surface area (Å²) in [7, 11) is 0. The molecule has 0 spiro atoms. The molecule has 0 unspecified atom stereocenters. The van der Waals surface area contributed by atoms with Crippen LogP contribution < -0.4 is 0 Å². The van der Waals surface area contributed by atoms with Crippen LogP contribution >= 0.6 is 0 Å². The topological polar surface area (TPSA) is 0 Å². The maximum Gasteiger partial charge on any atom is -0.00130 e. The predicted molar refractivity (Wildman–Crippen MR) is 94.4 cm³/mol. The molecule has 104 valence electrons. The first-order valence-electron chi connectivity index (χ1n) is 7.84. The number of rotatable bonds is 0. The summed E-state index contributed by atoms with van der Waals surface area (Å²) >= 11 is 0. The normalized spacial score (nSPS) is 12.6. The minimum absolute atomic E-state index is 1.04. The minimum atomic E-state index is 1.04. The Morgan fingerprint density at radius 1 is 0.682 bits per heavy atom. The van der Waals surface area contributed by atoms with Crippen molar-refractivity contribution in [1.29, 1.82) is 0 Å². The zero-order valence-electron chi connectivity index (χ0n) is 12.6. The third-order valence-electron chi connectivity index (χ3n) is 4.99. The van der Waals surface area contributed by atoms with Gasteiger partial charge in [-0.3, -0.25) is 0 Å². The lowest BCUT2D eigenvalue weighted by atomic mass is 9.81. The van der Waals surface area contributed by atoms with E-state index >= 15 is 0 Å². The average Bonchev–Trinajstić information content (AvgIpc) is 2.56. The van der Waals surface area contributed by atoms with Crippen LogP contribution in [0.25, 0.3) is 32.7 Å². The lowest BCUT2D eigenvalue weighted by Gasteiger charge is -2.22. The Kier molecular flexibility index (Phi) is 2.29. The van der Waals surface area contributed by atoms with E-state index in [4.69, 9.17) is 0 Å². The van der Waals surface area contributed by atoms with Gasteiger partial charge in [0.1, 0.15) is 0 Å². The van der Waals surface area contributed by atoms with Crippen molar-refractivity contribution < 1.29 is 0 Å². The third-order valence-corrected chi connectivity index (χ3v) is 4.99. The average molecular weight is 280 g/mol. The van der Waals surface area contributed by atoms with Crippen LogP contribution in [0.2, 0.25) is 0 Å². The highest BCUT2D eigenvalue weighted by Crippen LogP contribution is 2.41. The van der Waals surface area contributed by atoms with Crippen LogP contribution in [0.5, 0.6) is 0 Å². The molecule has 5 rings (SSSR count). The second-order valence-electron chi connectivity index (χ2n) is 6.30. The number of aryl methyl sites for hydroxylation is 1. The second kappa shape index (κ2) is 4.20. The summed E-state index contributed by atoms with van der Waals surface area (Å²) in [6, 6.07) is 24.7. The fourth-order valence-corrected chi connectivity index (χ4v) is 3.89. The van der Waals surface area contributed by atoms with Gasteiger partial charge in [-0.15, -0.1) is 0 Å². The molecule has 1 aliphatic carbocycles. The smallest absolute Gasteiger partial charge is 0.00130 e. The quantitative estimate of drug-likeness (QED) is 0.332. The first-order valence-corrected chi connectivity index (χ1v) is 7.84. The van der Waals surface area contributed by atoms with E-state index in [-0.39, 0.29) is 0 Å². The highest BCUT2D eigenvalue weighted by molar-refractivity contribution is 6.05. The van der Waals surface area contributed by atoms with Gasteiger partial charge in [0.25, 0.3) is 0 Å². The van der Waals surface area contributed by atoms with E-state index in [1.807, 2.05) is 0 Å². The van der Waals surface area contributed by atoms with E-state index < -0.39 is 0 Å². The van der Waals surface area contributed by atoms with Crippen molar-refractivity contribution in [2.24, 2.45) is 0 Å². The van der Waals surface area contributed by atoms with Crippen molar-refractivity contribution in [2.45, 2.75) is 13.3 Å². The molecule has 4 aromatic carbocycles. The minimum Gasteiger partial charge on any atom is -0.0616 e. The zero-order valence-corrected chi connectivity index (χ0v) is 12.6. The van der Waals surface area contributed by atoms with Crippen LogP contribution in [0.4, 0.5) is 0 Å². The molecular weight excluding hydrogens is 264 g/mol. The summed E-state index contributed by atoms with van der Waals surface area (Å²) in [6.07, 6.45) is 1.04. The largest absolute Gasteiger partial charge is 0.0616 e. The van der Waals surface area contributed by atoms with E-state index in [1.54, 1.807) is 0 Å². The molecule has 22 heavy (non-hydrogen) atoms. The first-order chi connectivity index (χ1) is 10.8. The van der Waals surface area contributed by atoms with E-state index in [1.165, 1.54) is 49.4 Å². The number of benzene rings is 4. The Balaban J connectivity index is 1.95. The summed E-state index contributed by atoms with van der Waals surface area (Å²) in [5.41, 5.74) is 7.07. The standard InChI is InChI=1S/C22H16/c1-14-9-10-17-12-18-11-15-5-2-3-6-16(15)13-21(18)20-8-4-7-19(14)22(17)20/h2-11,13H,12H2,1H3. The molecule has 0 bridgehead atoms. The van der Waals surface area contributed by atoms with Crippen molar-refractivity contribution in [1.82, 2.24) is 0 Å². The van der Waals surface area contributed by atoms with Gasteiger partial charge in [-0.25, -0.2) is 0 Å². The van der Waals surface area contributed by atoms with Gasteiger partial charge < -0.3 is 0 Å². The molecule has 0 heteroatoms. The van der Waals surface area contributed by atoms with E-state index in [9.17, 15) is 0 Å². The van der Waals surface area contributed by atoms with Crippen LogP contribution in [0.3, 0.4) is 0 Å². The number of hydrogen-bond donors (Lipinski definition) is 0. The molecule has 0 saturated carbocycles. The molecule has 0 atom stereocenters. The van der Waals surface area contributed by atoms with Crippen molar-refractivity contribution in [3.63, 3.8) is 0 Å². The number of hydrogen-bond acceptors (Lipinski definition) is 0. The number of fused-ring (bicyclic) bond motifs is 3. The van der Waals surface area contributed by atoms with Gasteiger partial charge in [0.2, 0.25) is 0 Å². The van der Waals surface area contributed by atoms with Crippen LogP contribution in [0, 0.1) is 6.92 Å². The van der Waals surface area contributed by atoms with Crippen LogP contribution in [-0.4, -0.2) is 0 Å². The summed E-state index contributed by atoms with van der Waals surface area (Å²) in [4.78, 5) is 0. The predicted octanol–water partition coefficient (Wildman–Crippen LogP) is 5.87. The van der Waals surface area contributed by atoms with Crippen molar-refractivity contribution in [3.05, 3.63) is 83.4 Å². The van der Waals surface area contributed by atoms with Gasteiger partial charge in [0.05, 0.1) is 0 Å². The molecule has 1 aliphatic rings. The van der Waals surface area contributed by atoms with Gasteiger partial charge in [-0.2, -0.15) is 0 Å². The summed E-state index contributed by atoms with van der Waals surface area (Å²) in [6.45, 7) is 2.21. The van der Waals surface area contributed by atoms with E-state index in [2.05, 4.69) is 73.7 Å². The molecule has 0 nitrogen and oxygen atoms in total. The molecule has 0 fully saturated rings. The molecule has 0 radical (unpaired) electrons. The highest BCUT2D eigenvalue weighted by atomic mass is 14.2. The molecule has 0 heterocycles. The Hall–Kier alpha value is -2.60. The lowest BCUT2D eigenvalue weighted by molar-refractivity contribution is 1.20. The molecule has 0 saturated heterocycles. The molecular formula is C22H16. The highest BCUT2D eigenvalue weighted by Gasteiger charge is 2.19. The molecule has 0 amide bonds. The van der Waals surface area contributed by atoms with Gasteiger partial charge in [0.15, 0.2) is 0 Å². The van der Waals surface area contributed by atoms with Crippen LogP contribution in [-0.2, 0) is 6.42 Å².